The standard InChI is InChI=1S/C17H20N2O2/c1-11-7-8-13(9-12(11)2)10-16-18-17(21-19-16)14-5-3-4-6-15(14)20/h7-9,14H,3-6,10H2,1-2H3. The Balaban J connectivity index is 1.75. The van der Waals surface area contributed by atoms with Crippen LogP contribution in [-0.4, -0.2) is 15.9 Å². The van der Waals surface area contributed by atoms with Crippen molar-refractivity contribution < 1.29 is 9.32 Å². The van der Waals surface area contributed by atoms with Crippen LogP contribution in [0.25, 0.3) is 0 Å². The van der Waals surface area contributed by atoms with Crippen LogP contribution in [0.3, 0.4) is 0 Å². The molecule has 1 unspecified atom stereocenters. The Bertz CT molecular complexity index is 661. The van der Waals surface area contributed by atoms with Gasteiger partial charge in [0.2, 0.25) is 5.89 Å². The van der Waals surface area contributed by atoms with Crippen molar-refractivity contribution in [1.29, 1.82) is 0 Å². The smallest absolute Gasteiger partial charge is 0.237 e. The summed E-state index contributed by atoms with van der Waals surface area (Å²) in [7, 11) is 0. The molecule has 110 valence electrons. The topological polar surface area (TPSA) is 56.0 Å². The number of carbonyl (C=O) groups is 1. The molecule has 4 heteroatoms. The average molecular weight is 284 g/mol. The summed E-state index contributed by atoms with van der Waals surface area (Å²) in [5.41, 5.74) is 3.71. The van der Waals surface area contributed by atoms with Gasteiger partial charge in [0.1, 0.15) is 5.78 Å². The molecule has 0 aliphatic heterocycles. The van der Waals surface area contributed by atoms with Gasteiger partial charge in [0.05, 0.1) is 5.92 Å². The lowest BCUT2D eigenvalue weighted by Crippen LogP contribution is -2.17. The molecule has 0 bridgehead atoms. The van der Waals surface area contributed by atoms with Gasteiger partial charge in [-0.05, 0) is 43.4 Å². The quantitative estimate of drug-likeness (QED) is 0.865. The molecule has 1 aliphatic rings. The van der Waals surface area contributed by atoms with Gasteiger partial charge in [-0.15, -0.1) is 0 Å². The van der Waals surface area contributed by atoms with Crippen LogP contribution in [0.15, 0.2) is 22.7 Å². The number of ketones is 1. The molecule has 0 saturated heterocycles. The molecule has 0 spiro atoms. The Morgan fingerprint density at radius 1 is 1.24 bits per heavy atom. The number of Topliss-reactive ketones (excluding diaryl/α,β-unsaturated/α-hetero) is 1. The number of aromatic nitrogens is 2. The van der Waals surface area contributed by atoms with Crippen LogP contribution in [0, 0.1) is 13.8 Å². The molecule has 1 saturated carbocycles. The van der Waals surface area contributed by atoms with Crippen LogP contribution < -0.4 is 0 Å². The molecule has 21 heavy (non-hydrogen) atoms. The molecule has 2 aromatic rings. The van der Waals surface area contributed by atoms with Crippen LogP contribution in [-0.2, 0) is 11.2 Å². The first-order valence-electron chi connectivity index (χ1n) is 7.55. The van der Waals surface area contributed by atoms with Gasteiger partial charge in [-0.2, -0.15) is 4.98 Å². The average Bonchev–Trinajstić information content (AvgIpc) is 2.92. The molecule has 1 aromatic heterocycles. The summed E-state index contributed by atoms with van der Waals surface area (Å²) >= 11 is 0. The van der Waals surface area contributed by atoms with Crippen molar-refractivity contribution in [2.24, 2.45) is 0 Å². The van der Waals surface area contributed by atoms with E-state index in [2.05, 4.69) is 42.2 Å². The van der Waals surface area contributed by atoms with Crippen LogP contribution in [0.1, 0.15) is 60.0 Å². The molecule has 0 radical (unpaired) electrons. The highest BCUT2D eigenvalue weighted by Gasteiger charge is 2.28. The van der Waals surface area contributed by atoms with E-state index in [1.807, 2.05) is 0 Å². The van der Waals surface area contributed by atoms with Gasteiger partial charge in [0, 0.05) is 12.8 Å². The zero-order valence-corrected chi connectivity index (χ0v) is 12.6. The first kappa shape index (κ1) is 14.0. The van der Waals surface area contributed by atoms with Gasteiger partial charge < -0.3 is 4.52 Å². The summed E-state index contributed by atoms with van der Waals surface area (Å²) in [5, 5.41) is 4.03. The summed E-state index contributed by atoms with van der Waals surface area (Å²) < 4.78 is 5.32. The number of aryl methyl sites for hydroxylation is 2. The molecule has 1 aliphatic carbocycles. The highest BCUT2D eigenvalue weighted by atomic mass is 16.5. The lowest BCUT2D eigenvalue weighted by molar-refractivity contribution is -0.122. The number of benzene rings is 1. The molecule has 1 atom stereocenters. The first-order valence-corrected chi connectivity index (χ1v) is 7.55. The molecule has 1 aromatic carbocycles. The maximum atomic E-state index is 11.9. The van der Waals surface area contributed by atoms with E-state index in [1.165, 1.54) is 16.7 Å². The highest BCUT2D eigenvalue weighted by molar-refractivity contribution is 5.85. The minimum Gasteiger partial charge on any atom is -0.339 e. The highest BCUT2D eigenvalue weighted by Crippen LogP contribution is 2.29. The van der Waals surface area contributed by atoms with Crippen molar-refractivity contribution in [2.45, 2.75) is 51.9 Å². The van der Waals surface area contributed by atoms with Gasteiger partial charge in [-0.25, -0.2) is 0 Å². The molecular formula is C17H20N2O2. The van der Waals surface area contributed by atoms with Gasteiger partial charge in [0.15, 0.2) is 5.82 Å². The second kappa shape index (κ2) is 5.80. The minimum atomic E-state index is -0.181. The number of carbonyl (C=O) groups excluding carboxylic acids is 1. The molecular weight excluding hydrogens is 264 g/mol. The van der Waals surface area contributed by atoms with Crippen molar-refractivity contribution in [2.75, 3.05) is 0 Å². The van der Waals surface area contributed by atoms with Crippen LogP contribution in [0.2, 0.25) is 0 Å². The Morgan fingerprint density at radius 3 is 2.86 bits per heavy atom. The normalized spacial score (nSPS) is 19.0. The zero-order chi connectivity index (χ0) is 14.8. The largest absolute Gasteiger partial charge is 0.339 e. The van der Waals surface area contributed by atoms with Gasteiger partial charge in [0.25, 0.3) is 0 Å². The molecule has 1 heterocycles. The van der Waals surface area contributed by atoms with Crippen molar-refractivity contribution in [3.63, 3.8) is 0 Å². The number of hydrogen-bond acceptors (Lipinski definition) is 4. The molecule has 0 N–H and O–H groups in total. The Hall–Kier alpha value is -1.97. The predicted octanol–water partition coefficient (Wildman–Crippen LogP) is 3.50. The summed E-state index contributed by atoms with van der Waals surface area (Å²) in [5.74, 6) is 1.22. The fourth-order valence-corrected chi connectivity index (χ4v) is 2.82. The molecule has 1 fully saturated rings. The third kappa shape index (κ3) is 3.04. The van der Waals surface area contributed by atoms with E-state index in [0.717, 1.165) is 19.3 Å². The minimum absolute atomic E-state index is 0.181. The lowest BCUT2D eigenvalue weighted by Gasteiger charge is -2.16. The van der Waals surface area contributed by atoms with Crippen molar-refractivity contribution >= 4 is 5.78 Å². The molecule has 4 nitrogen and oxygen atoms in total. The van der Waals surface area contributed by atoms with E-state index >= 15 is 0 Å². The van der Waals surface area contributed by atoms with Crippen LogP contribution >= 0.6 is 0 Å². The zero-order valence-electron chi connectivity index (χ0n) is 12.6. The van der Waals surface area contributed by atoms with E-state index in [-0.39, 0.29) is 11.7 Å². The fraction of sp³-hybridized carbons (Fsp3) is 0.471. The predicted molar refractivity (Wildman–Crippen MR) is 79.2 cm³/mol. The van der Waals surface area contributed by atoms with Crippen LogP contribution in [0.4, 0.5) is 0 Å². The van der Waals surface area contributed by atoms with E-state index in [0.29, 0.717) is 24.6 Å². The second-order valence-corrected chi connectivity index (χ2v) is 5.91. The summed E-state index contributed by atoms with van der Waals surface area (Å²) in [4.78, 5) is 16.3. The monoisotopic (exact) mass is 284 g/mol. The third-order valence-electron chi connectivity index (χ3n) is 4.27. The lowest BCUT2D eigenvalue weighted by atomic mass is 9.88. The number of rotatable bonds is 3. The van der Waals surface area contributed by atoms with E-state index in [9.17, 15) is 4.79 Å². The van der Waals surface area contributed by atoms with E-state index < -0.39 is 0 Å². The summed E-state index contributed by atoms with van der Waals surface area (Å²) in [6, 6.07) is 6.34. The Labute approximate surface area is 124 Å². The second-order valence-electron chi connectivity index (χ2n) is 5.91. The van der Waals surface area contributed by atoms with Crippen molar-refractivity contribution in [3.8, 4) is 0 Å². The summed E-state index contributed by atoms with van der Waals surface area (Å²) in [6.07, 6.45) is 4.17. The maximum Gasteiger partial charge on any atom is 0.237 e. The van der Waals surface area contributed by atoms with Gasteiger partial charge >= 0.3 is 0 Å². The van der Waals surface area contributed by atoms with Gasteiger partial charge in [-0.1, -0.05) is 29.8 Å². The maximum absolute atomic E-state index is 11.9. The Morgan fingerprint density at radius 2 is 2.10 bits per heavy atom. The Kier molecular flexibility index (Phi) is 3.86. The molecule has 0 amide bonds. The van der Waals surface area contributed by atoms with Crippen molar-refractivity contribution in [3.05, 3.63) is 46.6 Å². The number of hydrogen-bond donors (Lipinski definition) is 0. The van der Waals surface area contributed by atoms with Crippen molar-refractivity contribution in [1.82, 2.24) is 10.1 Å². The third-order valence-corrected chi connectivity index (χ3v) is 4.27. The number of nitrogens with zero attached hydrogens (tertiary/aromatic N) is 2. The fourth-order valence-electron chi connectivity index (χ4n) is 2.82. The SMILES string of the molecule is Cc1ccc(Cc2noc(C3CCCCC3=O)n2)cc1C. The first-order chi connectivity index (χ1) is 10.1. The van der Waals surface area contributed by atoms with E-state index in [4.69, 9.17) is 4.52 Å². The summed E-state index contributed by atoms with van der Waals surface area (Å²) in [6.45, 7) is 4.20. The molecule has 3 rings (SSSR count). The van der Waals surface area contributed by atoms with Gasteiger partial charge in [-0.3, -0.25) is 4.79 Å². The van der Waals surface area contributed by atoms with Crippen LogP contribution in [0.5, 0.6) is 0 Å². The van der Waals surface area contributed by atoms with E-state index in [1.54, 1.807) is 0 Å².